The molecule has 4 heteroatoms. The van der Waals surface area contributed by atoms with Gasteiger partial charge in [-0.2, -0.15) is 0 Å². The van der Waals surface area contributed by atoms with Crippen molar-refractivity contribution >= 4 is 6.02 Å². The van der Waals surface area contributed by atoms with E-state index in [9.17, 15) is 4.39 Å². The van der Waals surface area contributed by atoms with E-state index < -0.39 is 0 Å². The van der Waals surface area contributed by atoms with Crippen LogP contribution in [0.5, 0.6) is 0 Å². The lowest BCUT2D eigenvalue weighted by atomic mass is 9.90. The molecule has 1 aromatic carbocycles. The van der Waals surface area contributed by atoms with Crippen LogP contribution in [-0.2, 0) is 4.74 Å². The minimum atomic E-state index is -0.143. The molecular formula is C13H17FN2O. The zero-order valence-electron chi connectivity index (χ0n) is 9.90. The molecule has 1 aliphatic heterocycles. The van der Waals surface area contributed by atoms with Gasteiger partial charge >= 0.3 is 0 Å². The summed E-state index contributed by atoms with van der Waals surface area (Å²) in [6, 6.07) is 7.22. The second kappa shape index (κ2) is 5.17. The normalized spacial score (nSPS) is 20.8. The van der Waals surface area contributed by atoms with Crippen molar-refractivity contribution in [2.45, 2.75) is 31.7 Å². The zero-order chi connectivity index (χ0) is 12.3. The summed E-state index contributed by atoms with van der Waals surface area (Å²) >= 11 is 0. The minimum absolute atomic E-state index is 0.0551. The average Bonchev–Trinajstić information content (AvgIpc) is 2.73. The van der Waals surface area contributed by atoms with Gasteiger partial charge < -0.3 is 10.5 Å². The van der Waals surface area contributed by atoms with Crippen molar-refractivity contribution in [2.75, 3.05) is 6.61 Å². The lowest BCUT2D eigenvalue weighted by Crippen LogP contribution is -2.13. The fourth-order valence-corrected chi connectivity index (χ4v) is 2.20. The van der Waals surface area contributed by atoms with Gasteiger partial charge in [0.25, 0.3) is 6.02 Å². The summed E-state index contributed by atoms with van der Waals surface area (Å²) in [5.74, 6) is 0.0228. The number of aliphatic imine (C=N–C) groups is 1. The van der Waals surface area contributed by atoms with Crippen LogP contribution in [0.15, 0.2) is 29.3 Å². The second-order valence-electron chi connectivity index (χ2n) is 4.29. The Balaban J connectivity index is 2.09. The first-order valence-corrected chi connectivity index (χ1v) is 5.91. The predicted octanol–water partition coefficient (Wildman–Crippen LogP) is 2.42. The molecule has 2 unspecified atom stereocenters. The van der Waals surface area contributed by atoms with Gasteiger partial charge in [0.1, 0.15) is 12.4 Å². The lowest BCUT2D eigenvalue weighted by Gasteiger charge is -2.17. The Morgan fingerprint density at radius 2 is 2.29 bits per heavy atom. The van der Waals surface area contributed by atoms with E-state index in [1.165, 1.54) is 6.07 Å². The molecule has 0 spiro atoms. The van der Waals surface area contributed by atoms with Crippen LogP contribution in [-0.4, -0.2) is 18.7 Å². The lowest BCUT2D eigenvalue weighted by molar-refractivity contribution is 0.300. The molecule has 0 saturated carbocycles. The molecule has 1 aliphatic rings. The van der Waals surface area contributed by atoms with Crippen molar-refractivity contribution in [1.82, 2.24) is 0 Å². The Morgan fingerprint density at radius 1 is 1.53 bits per heavy atom. The molecule has 0 saturated heterocycles. The number of halogens is 1. The molecule has 0 aromatic heterocycles. The average molecular weight is 236 g/mol. The molecule has 2 rings (SSSR count). The predicted molar refractivity (Wildman–Crippen MR) is 65.4 cm³/mol. The summed E-state index contributed by atoms with van der Waals surface area (Å²) in [6.07, 6.45) is 1.66. The molecule has 0 bridgehead atoms. The highest BCUT2D eigenvalue weighted by molar-refractivity contribution is 5.73. The third-order valence-corrected chi connectivity index (χ3v) is 3.13. The largest absolute Gasteiger partial charge is 0.463 e. The molecule has 2 atom stereocenters. The number of benzene rings is 1. The Hall–Kier alpha value is -1.58. The van der Waals surface area contributed by atoms with Crippen LogP contribution < -0.4 is 5.73 Å². The highest BCUT2D eigenvalue weighted by atomic mass is 19.1. The molecule has 3 nitrogen and oxygen atoms in total. The number of hydrogen-bond acceptors (Lipinski definition) is 3. The maximum Gasteiger partial charge on any atom is 0.282 e. The van der Waals surface area contributed by atoms with Crippen molar-refractivity contribution < 1.29 is 9.13 Å². The number of hydrogen-bond donors (Lipinski definition) is 1. The summed E-state index contributed by atoms with van der Waals surface area (Å²) < 4.78 is 18.8. The number of nitrogens with zero attached hydrogens (tertiary/aromatic N) is 1. The number of amidine groups is 1. The molecular weight excluding hydrogens is 219 g/mol. The number of nitrogens with two attached hydrogens (primary N) is 1. The Bertz CT molecular complexity index is 420. The van der Waals surface area contributed by atoms with E-state index in [-0.39, 0.29) is 23.8 Å². The first-order chi connectivity index (χ1) is 8.20. The van der Waals surface area contributed by atoms with Gasteiger partial charge in [-0.1, -0.05) is 25.1 Å². The summed E-state index contributed by atoms with van der Waals surface area (Å²) in [5.41, 5.74) is 6.22. The van der Waals surface area contributed by atoms with Crippen LogP contribution in [0.4, 0.5) is 4.39 Å². The Labute approximate surface area is 100 Å². The highest BCUT2D eigenvalue weighted by Gasteiger charge is 2.23. The third-order valence-electron chi connectivity index (χ3n) is 3.13. The molecule has 1 heterocycles. The first kappa shape index (κ1) is 11.9. The van der Waals surface area contributed by atoms with Crippen molar-refractivity contribution in [2.24, 2.45) is 10.7 Å². The highest BCUT2D eigenvalue weighted by Crippen LogP contribution is 2.28. The molecule has 0 radical (unpaired) electrons. The van der Waals surface area contributed by atoms with Crippen LogP contribution >= 0.6 is 0 Å². The topological polar surface area (TPSA) is 47.6 Å². The van der Waals surface area contributed by atoms with E-state index in [1.807, 2.05) is 12.1 Å². The minimum Gasteiger partial charge on any atom is -0.463 e. The fourth-order valence-electron chi connectivity index (χ4n) is 2.20. The van der Waals surface area contributed by atoms with E-state index >= 15 is 0 Å². The van der Waals surface area contributed by atoms with E-state index in [1.54, 1.807) is 6.07 Å². The van der Waals surface area contributed by atoms with Crippen LogP contribution in [0.1, 0.15) is 31.2 Å². The van der Waals surface area contributed by atoms with Gasteiger partial charge in [-0.3, -0.25) is 0 Å². The van der Waals surface area contributed by atoms with Gasteiger partial charge in [0.05, 0.1) is 6.04 Å². The van der Waals surface area contributed by atoms with Gasteiger partial charge in [-0.05, 0) is 30.4 Å². The Kier molecular flexibility index (Phi) is 3.61. The third kappa shape index (κ3) is 2.75. The maximum absolute atomic E-state index is 13.7. The van der Waals surface area contributed by atoms with Crippen LogP contribution in [0.25, 0.3) is 0 Å². The van der Waals surface area contributed by atoms with Gasteiger partial charge in [0.15, 0.2) is 0 Å². The van der Waals surface area contributed by atoms with Gasteiger partial charge in [-0.25, -0.2) is 9.38 Å². The van der Waals surface area contributed by atoms with Crippen molar-refractivity contribution in [3.05, 3.63) is 35.6 Å². The van der Waals surface area contributed by atoms with Crippen molar-refractivity contribution in [3.63, 3.8) is 0 Å². The molecule has 92 valence electrons. The fraction of sp³-hybridized carbons (Fsp3) is 0.462. The molecule has 0 aliphatic carbocycles. The molecule has 0 amide bonds. The quantitative estimate of drug-likeness (QED) is 0.872. The number of rotatable bonds is 4. The molecule has 17 heavy (non-hydrogen) atoms. The molecule has 1 aromatic rings. The first-order valence-electron chi connectivity index (χ1n) is 5.91. The van der Waals surface area contributed by atoms with E-state index in [4.69, 9.17) is 10.5 Å². The van der Waals surface area contributed by atoms with Gasteiger partial charge in [-0.15, -0.1) is 0 Å². The second-order valence-corrected chi connectivity index (χ2v) is 4.29. The molecule has 2 N–H and O–H groups in total. The summed E-state index contributed by atoms with van der Waals surface area (Å²) in [4.78, 5) is 4.18. The van der Waals surface area contributed by atoms with E-state index in [2.05, 4.69) is 11.9 Å². The molecule has 0 fully saturated rings. The summed E-state index contributed by atoms with van der Waals surface area (Å²) in [7, 11) is 0. The maximum atomic E-state index is 13.7. The van der Waals surface area contributed by atoms with Crippen LogP contribution in [0.2, 0.25) is 0 Å². The van der Waals surface area contributed by atoms with Crippen molar-refractivity contribution in [3.8, 4) is 0 Å². The van der Waals surface area contributed by atoms with Crippen LogP contribution in [0.3, 0.4) is 0 Å². The standard InChI is InChI=1S/C13H17FN2O/c1-2-9(7-10-8-17-13(15)16-10)11-5-3-4-6-12(11)14/h3-6,9-10H,2,7-8H2,1H3,(H2,15,16). The SMILES string of the molecule is CCC(CC1COC(N)=N1)c1ccccc1F. The summed E-state index contributed by atoms with van der Waals surface area (Å²) in [6.45, 7) is 2.57. The number of ether oxygens (including phenoxy) is 1. The monoisotopic (exact) mass is 236 g/mol. The van der Waals surface area contributed by atoms with Gasteiger partial charge in [0, 0.05) is 0 Å². The Morgan fingerprint density at radius 3 is 2.88 bits per heavy atom. The van der Waals surface area contributed by atoms with E-state index in [0.717, 1.165) is 18.4 Å². The van der Waals surface area contributed by atoms with Gasteiger partial charge in [0.2, 0.25) is 0 Å². The van der Waals surface area contributed by atoms with Crippen LogP contribution in [0, 0.1) is 5.82 Å². The van der Waals surface area contributed by atoms with E-state index in [0.29, 0.717) is 6.61 Å². The van der Waals surface area contributed by atoms with Crippen molar-refractivity contribution in [1.29, 1.82) is 0 Å². The smallest absolute Gasteiger partial charge is 0.282 e. The summed E-state index contributed by atoms with van der Waals surface area (Å²) in [5, 5.41) is 0. The zero-order valence-corrected chi connectivity index (χ0v) is 9.90.